The molecule has 0 aromatic heterocycles. The predicted octanol–water partition coefficient (Wildman–Crippen LogP) is 5.42. The van der Waals surface area contributed by atoms with Crippen LogP contribution in [0.5, 0.6) is 0 Å². The number of rotatable bonds is 9. The first-order valence-corrected chi connectivity index (χ1v) is 7.25. The first-order chi connectivity index (χ1) is 7.25. The average molecular weight is 210 g/mol. The normalized spacial score (nSPS) is 26.6. The van der Waals surface area contributed by atoms with Crippen LogP contribution in [-0.4, -0.2) is 0 Å². The Bertz CT molecular complexity index is 150. The molecule has 0 radical (unpaired) electrons. The zero-order chi connectivity index (χ0) is 11.1. The molecule has 0 aromatic carbocycles. The monoisotopic (exact) mass is 210 g/mol. The summed E-state index contributed by atoms with van der Waals surface area (Å²) in [5.41, 5.74) is 0. The van der Waals surface area contributed by atoms with Crippen LogP contribution in [0, 0.1) is 17.8 Å². The van der Waals surface area contributed by atoms with Crippen LogP contribution in [-0.2, 0) is 0 Å². The van der Waals surface area contributed by atoms with Crippen molar-refractivity contribution in [1.82, 2.24) is 0 Å². The molecule has 1 rings (SSSR count). The maximum absolute atomic E-state index is 2.46. The minimum atomic E-state index is 1.01. The van der Waals surface area contributed by atoms with Crippen molar-refractivity contribution in [2.24, 2.45) is 17.8 Å². The zero-order valence-electron chi connectivity index (χ0n) is 11.1. The molecule has 15 heavy (non-hydrogen) atoms. The summed E-state index contributed by atoms with van der Waals surface area (Å²) in [7, 11) is 0. The molecule has 3 atom stereocenters. The van der Waals surface area contributed by atoms with Gasteiger partial charge in [0.05, 0.1) is 0 Å². The minimum Gasteiger partial charge on any atom is -0.0654 e. The van der Waals surface area contributed by atoms with Crippen LogP contribution in [0.4, 0.5) is 0 Å². The van der Waals surface area contributed by atoms with Gasteiger partial charge in [0.25, 0.3) is 0 Å². The molecule has 0 N–H and O–H groups in total. The van der Waals surface area contributed by atoms with Crippen LogP contribution < -0.4 is 0 Å². The Hall–Kier alpha value is 0. The third-order valence-electron chi connectivity index (χ3n) is 4.17. The van der Waals surface area contributed by atoms with Gasteiger partial charge in [0.15, 0.2) is 0 Å². The highest BCUT2D eigenvalue weighted by molar-refractivity contribution is 4.86. The van der Waals surface area contributed by atoms with Crippen LogP contribution >= 0.6 is 0 Å². The van der Waals surface area contributed by atoms with E-state index in [1.54, 1.807) is 0 Å². The van der Waals surface area contributed by atoms with Gasteiger partial charge in [-0.1, -0.05) is 72.1 Å². The molecule has 0 bridgehead atoms. The van der Waals surface area contributed by atoms with Crippen LogP contribution in [0.25, 0.3) is 0 Å². The molecule has 1 aliphatic rings. The van der Waals surface area contributed by atoms with Gasteiger partial charge in [0, 0.05) is 0 Å². The molecule has 0 aliphatic heterocycles. The fourth-order valence-electron chi connectivity index (χ4n) is 2.78. The highest BCUT2D eigenvalue weighted by Gasteiger charge is 2.36. The van der Waals surface area contributed by atoms with Gasteiger partial charge < -0.3 is 0 Å². The fraction of sp³-hybridized carbons (Fsp3) is 1.00. The third-order valence-corrected chi connectivity index (χ3v) is 4.17. The molecular formula is C15H30. The van der Waals surface area contributed by atoms with Gasteiger partial charge in [-0.25, -0.2) is 0 Å². The lowest BCUT2D eigenvalue weighted by Crippen LogP contribution is -1.98. The lowest BCUT2D eigenvalue weighted by molar-refractivity contribution is 0.421. The second-order valence-corrected chi connectivity index (χ2v) is 5.76. The van der Waals surface area contributed by atoms with Crippen LogP contribution in [0.3, 0.4) is 0 Å². The Balaban J connectivity index is 1.80. The molecule has 0 amide bonds. The van der Waals surface area contributed by atoms with E-state index in [9.17, 15) is 0 Å². The Labute approximate surface area is 96.8 Å². The van der Waals surface area contributed by atoms with Crippen LogP contribution in [0.2, 0.25) is 0 Å². The summed E-state index contributed by atoms with van der Waals surface area (Å²) < 4.78 is 0. The van der Waals surface area contributed by atoms with Gasteiger partial charge in [0.2, 0.25) is 0 Å². The van der Waals surface area contributed by atoms with Crippen molar-refractivity contribution in [3.8, 4) is 0 Å². The molecule has 90 valence electrons. The second-order valence-electron chi connectivity index (χ2n) is 5.76. The summed E-state index contributed by atoms with van der Waals surface area (Å²) >= 11 is 0. The summed E-state index contributed by atoms with van der Waals surface area (Å²) in [5.74, 6) is 3.14. The summed E-state index contributed by atoms with van der Waals surface area (Å²) in [6, 6.07) is 0. The number of unbranched alkanes of at least 4 members (excludes halogenated alkanes) is 6. The number of hydrogen-bond donors (Lipinski definition) is 0. The van der Waals surface area contributed by atoms with E-state index in [1.807, 2.05) is 0 Å². The van der Waals surface area contributed by atoms with Crippen LogP contribution in [0.15, 0.2) is 0 Å². The Morgan fingerprint density at radius 3 is 2.07 bits per heavy atom. The van der Waals surface area contributed by atoms with Crippen molar-refractivity contribution in [3.63, 3.8) is 0 Å². The van der Waals surface area contributed by atoms with Gasteiger partial charge in [-0.3, -0.25) is 0 Å². The van der Waals surface area contributed by atoms with E-state index in [2.05, 4.69) is 20.8 Å². The SMILES string of the molecule is CCCCCCCCCC(C)C1CC1C. The van der Waals surface area contributed by atoms with E-state index in [1.165, 1.54) is 57.8 Å². The maximum Gasteiger partial charge on any atom is -0.0360 e. The zero-order valence-corrected chi connectivity index (χ0v) is 11.1. The van der Waals surface area contributed by atoms with E-state index in [0.717, 1.165) is 17.8 Å². The first-order valence-electron chi connectivity index (χ1n) is 7.25. The van der Waals surface area contributed by atoms with Crippen molar-refractivity contribution >= 4 is 0 Å². The summed E-state index contributed by atoms with van der Waals surface area (Å²) in [6.45, 7) is 7.16. The average Bonchev–Trinajstić information content (AvgIpc) is 2.94. The molecule has 0 aromatic rings. The Morgan fingerprint density at radius 1 is 1.00 bits per heavy atom. The molecule has 1 aliphatic carbocycles. The Morgan fingerprint density at radius 2 is 1.53 bits per heavy atom. The van der Waals surface area contributed by atoms with Gasteiger partial charge in [-0.05, 0) is 24.2 Å². The number of hydrogen-bond acceptors (Lipinski definition) is 0. The molecule has 0 nitrogen and oxygen atoms in total. The molecule has 0 spiro atoms. The molecule has 0 heteroatoms. The van der Waals surface area contributed by atoms with Crippen molar-refractivity contribution in [3.05, 3.63) is 0 Å². The van der Waals surface area contributed by atoms with Crippen molar-refractivity contribution in [1.29, 1.82) is 0 Å². The van der Waals surface area contributed by atoms with Gasteiger partial charge in [-0.15, -0.1) is 0 Å². The lowest BCUT2D eigenvalue weighted by Gasteiger charge is -2.09. The largest absolute Gasteiger partial charge is 0.0654 e. The van der Waals surface area contributed by atoms with Crippen LogP contribution in [0.1, 0.15) is 78.6 Å². The first kappa shape index (κ1) is 13.1. The second kappa shape index (κ2) is 7.30. The molecule has 0 heterocycles. The molecule has 1 saturated carbocycles. The van der Waals surface area contributed by atoms with E-state index < -0.39 is 0 Å². The van der Waals surface area contributed by atoms with E-state index in [-0.39, 0.29) is 0 Å². The smallest absolute Gasteiger partial charge is 0.0360 e. The van der Waals surface area contributed by atoms with Crippen molar-refractivity contribution in [2.75, 3.05) is 0 Å². The van der Waals surface area contributed by atoms with Crippen molar-refractivity contribution in [2.45, 2.75) is 78.6 Å². The maximum atomic E-state index is 2.46. The fourth-order valence-corrected chi connectivity index (χ4v) is 2.78. The molecular weight excluding hydrogens is 180 g/mol. The predicted molar refractivity (Wildman–Crippen MR) is 69.0 cm³/mol. The summed E-state index contributed by atoms with van der Waals surface area (Å²) in [4.78, 5) is 0. The molecule has 1 fully saturated rings. The summed E-state index contributed by atoms with van der Waals surface area (Å²) in [6.07, 6.45) is 13.2. The lowest BCUT2D eigenvalue weighted by atomic mass is 9.96. The van der Waals surface area contributed by atoms with E-state index in [0.29, 0.717) is 0 Å². The topological polar surface area (TPSA) is 0 Å². The van der Waals surface area contributed by atoms with Gasteiger partial charge >= 0.3 is 0 Å². The molecule has 0 saturated heterocycles. The van der Waals surface area contributed by atoms with Gasteiger partial charge in [0.1, 0.15) is 0 Å². The highest BCUT2D eigenvalue weighted by Crippen LogP contribution is 2.45. The quantitative estimate of drug-likeness (QED) is 0.446. The van der Waals surface area contributed by atoms with Crippen molar-refractivity contribution < 1.29 is 0 Å². The summed E-state index contributed by atoms with van der Waals surface area (Å²) in [5, 5.41) is 0. The van der Waals surface area contributed by atoms with E-state index in [4.69, 9.17) is 0 Å². The molecule has 3 unspecified atom stereocenters. The Kier molecular flexibility index (Phi) is 6.36. The van der Waals surface area contributed by atoms with Gasteiger partial charge in [-0.2, -0.15) is 0 Å². The highest BCUT2D eigenvalue weighted by atomic mass is 14.4. The third kappa shape index (κ3) is 5.58. The van der Waals surface area contributed by atoms with E-state index >= 15 is 0 Å². The standard InChI is InChI=1S/C15H30/c1-4-5-6-7-8-9-10-11-13(2)15-12-14(15)3/h13-15H,4-12H2,1-3H3. The minimum absolute atomic E-state index is 1.01.